The molecule has 0 fully saturated rings. The van der Waals surface area contributed by atoms with Crippen LogP contribution < -0.4 is 24.8 Å². The quantitative estimate of drug-likeness (QED) is 0.421. The maximum Gasteiger partial charge on any atom is -1.00 e. The Bertz CT molecular complexity index is 179. The van der Waals surface area contributed by atoms with Crippen LogP contribution in [0.5, 0.6) is 0 Å². The fourth-order valence-corrected chi connectivity index (χ4v) is 61.8. The molecule has 0 radical (unpaired) electrons. The van der Waals surface area contributed by atoms with Gasteiger partial charge in [0.05, 0.1) is 0 Å². The van der Waals surface area contributed by atoms with Crippen LogP contribution in [-0.2, 0) is 18.4 Å². The third kappa shape index (κ3) is 18.0. The van der Waals surface area contributed by atoms with Crippen LogP contribution in [-0.4, -0.2) is 24.2 Å². The monoisotopic (exact) mass is 512 g/mol. The van der Waals surface area contributed by atoms with Gasteiger partial charge in [-0.25, -0.2) is 0 Å². The van der Waals surface area contributed by atoms with Crippen LogP contribution in [0.15, 0.2) is 0 Å². The van der Waals surface area contributed by atoms with E-state index in [1.165, 1.54) is 0 Å². The van der Waals surface area contributed by atoms with Gasteiger partial charge in [0.25, 0.3) is 0 Å². The first-order valence-corrected chi connectivity index (χ1v) is 24.4. The molecule has 6 heteroatoms. The van der Waals surface area contributed by atoms with Gasteiger partial charge in [-0.15, -0.1) is 0 Å². The zero-order chi connectivity index (χ0) is 13.2. The second-order valence-corrected chi connectivity index (χ2v) is 40.2. The fraction of sp³-hybridized carbons (Fsp3) is 1.00. The number of rotatable bonds is 6. The molecule has 0 saturated heterocycles. The summed E-state index contributed by atoms with van der Waals surface area (Å²) in [6, 6.07) is 0. The molecule has 0 nitrogen and oxygen atoms in total. The van der Waals surface area contributed by atoms with E-state index in [4.69, 9.17) is 0 Å². The predicted octanol–water partition coefficient (Wildman–Crippen LogP) is -0.500. The van der Waals surface area contributed by atoms with Crippen LogP contribution in [0, 0.1) is 0 Å². The van der Waals surface area contributed by atoms with Crippen LogP contribution in [0.3, 0.4) is 0 Å². The van der Waals surface area contributed by atoms with Crippen molar-refractivity contribution in [1.29, 1.82) is 0 Å². The summed E-state index contributed by atoms with van der Waals surface area (Å²) in [4.78, 5) is 0. The summed E-state index contributed by atoms with van der Waals surface area (Å²) in [5, 5.41) is 0. The Kier molecular flexibility index (Phi) is 12.6. The molecule has 0 unspecified atom stereocenters. The molecule has 0 N–H and O–H groups in total. The summed E-state index contributed by atoms with van der Waals surface area (Å²) < 4.78 is 5.28. The average molecular weight is 514 g/mol. The molecule has 0 aromatic carbocycles. The number of halogens is 2. The van der Waals surface area contributed by atoms with Crippen molar-refractivity contribution in [2.24, 2.45) is 0 Å². The Labute approximate surface area is 138 Å². The smallest absolute Gasteiger partial charge is 1.00 e. The molecule has 0 bridgehead atoms. The van der Waals surface area contributed by atoms with Crippen molar-refractivity contribution in [1.82, 2.24) is 0 Å². The molecule has 0 atom stereocenters. The number of hydrogen-bond donors (Lipinski definition) is 0. The topological polar surface area (TPSA) is 0 Å². The summed E-state index contributed by atoms with van der Waals surface area (Å²) in [5.74, 6) is 0. The van der Waals surface area contributed by atoms with E-state index in [1.807, 2.05) is 0 Å². The second kappa shape index (κ2) is 9.08. The van der Waals surface area contributed by atoms with E-state index in [0.29, 0.717) is 0 Å². The van der Waals surface area contributed by atoms with Crippen LogP contribution in [0.1, 0.15) is 0 Å². The normalized spacial score (nSPS) is 12.5. The molecule has 0 aromatic rings. The van der Waals surface area contributed by atoms with Gasteiger partial charge in [0.2, 0.25) is 0 Å². The third-order valence-electron chi connectivity index (χ3n) is 2.09. The van der Waals surface area contributed by atoms with Crippen LogP contribution in [0.4, 0.5) is 0 Å². The minimum Gasteiger partial charge on any atom is -1.00 e. The Hall–Kier alpha value is 1.97. The molecule has 0 aromatic heterocycles. The van der Waals surface area contributed by atoms with Crippen molar-refractivity contribution >= 4 is 24.2 Å². The standard InChI is InChI=1S/3C4H11Si.2ClH.Ta/c3*1-5(2,3)4;;;/h3*1H2,2-4H3;2*1H;/q;;;;;+2/p-2. The average Bonchev–Trinajstić information content (AvgIpc) is 1.70. The van der Waals surface area contributed by atoms with Gasteiger partial charge >= 0.3 is 114 Å². The fourth-order valence-electron chi connectivity index (χ4n) is 2.18. The largest absolute Gasteiger partial charge is 1.00 e. The van der Waals surface area contributed by atoms with Crippen LogP contribution in [0.2, 0.25) is 71.7 Å². The molecule has 112 valence electrons. The van der Waals surface area contributed by atoms with Gasteiger partial charge in [-0.1, -0.05) is 0 Å². The molecule has 0 aliphatic carbocycles. The molecule has 18 heavy (non-hydrogen) atoms. The van der Waals surface area contributed by atoms with E-state index in [0.717, 1.165) is 0 Å². The molecule has 0 rings (SSSR count). The van der Waals surface area contributed by atoms with Gasteiger partial charge in [0, 0.05) is 0 Å². The Morgan fingerprint density at radius 3 is 0.778 bits per heavy atom. The van der Waals surface area contributed by atoms with E-state index in [2.05, 4.69) is 58.9 Å². The Morgan fingerprint density at radius 2 is 0.667 bits per heavy atom. The van der Waals surface area contributed by atoms with Crippen molar-refractivity contribution < 1.29 is 43.3 Å². The Balaban J connectivity index is -0.00000112. The van der Waals surface area contributed by atoms with Gasteiger partial charge in [0.15, 0.2) is 0 Å². The van der Waals surface area contributed by atoms with Crippen LogP contribution >= 0.6 is 0 Å². The second-order valence-electron chi connectivity index (χ2n) is 8.83. The first kappa shape index (κ1) is 25.0. The minimum atomic E-state index is -1.11. The van der Waals surface area contributed by atoms with Gasteiger partial charge in [-0.3, -0.25) is 0 Å². The van der Waals surface area contributed by atoms with E-state index >= 15 is 0 Å². The number of hydrogen-bond acceptors (Lipinski definition) is 0. The van der Waals surface area contributed by atoms with Crippen molar-refractivity contribution in [3.63, 3.8) is 0 Å². The zero-order valence-electron chi connectivity index (χ0n) is 13.8. The molecule has 0 aliphatic rings. The summed E-state index contributed by atoms with van der Waals surface area (Å²) in [6.07, 6.45) is 0. The summed E-state index contributed by atoms with van der Waals surface area (Å²) in [6.45, 7) is 23.3. The first-order valence-electron chi connectivity index (χ1n) is 6.51. The van der Waals surface area contributed by atoms with Crippen molar-refractivity contribution in [2.75, 3.05) is 0 Å². The maximum atomic E-state index is 2.59. The molecule has 0 aliphatic heterocycles. The van der Waals surface area contributed by atoms with Gasteiger partial charge in [0.1, 0.15) is 0 Å². The first-order chi connectivity index (χ1) is 6.79. The van der Waals surface area contributed by atoms with E-state index < -0.39 is 42.7 Å². The zero-order valence-corrected chi connectivity index (χ0v) is 21.5. The van der Waals surface area contributed by atoms with Crippen molar-refractivity contribution in [2.45, 2.75) is 71.7 Å². The van der Waals surface area contributed by atoms with E-state index in [1.54, 1.807) is 12.8 Å². The molecule has 0 spiro atoms. The summed E-state index contributed by atoms with van der Waals surface area (Å²) >= 11 is -1.11. The Morgan fingerprint density at radius 1 is 0.500 bits per heavy atom. The van der Waals surface area contributed by atoms with Crippen LogP contribution in [0.25, 0.3) is 0 Å². The minimum absolute atomic E-state index is 0. The molecule has 0 saturated carbocycles. The molecular weight excluding hydrogens is 480 g/mol. The van der Waals surface area contributed by atoms with E-state index in [-0.39, 0.29) is 24.8 Å². The van der Waals surface area contributed by atoms with Gasteiger partial charge in [-0.05, 0) is 0 Å². The van der Waals surface area contributed by atoms with E-state index in [9.17, 15) is 0 Å². The van der Waals surface area contributed by atoms with Crippen molar-refractivity contribution in [3.8, 4) is 0 Å². The predicted molar refractivity (Wildman–Crippen MR) is 84.5 cm³/mol. The molecular formula is C12H33Cl2Si3Ta. The summed E-state index contributed by atoms with van der Waals surface area (Å²) in [7, 11) is -2.35. The molecule has 0 heterocycles. The third-order valence-corrected chi connectivity index (χ3v) is 51.4. The molecule has 0 amide bonds. The SMILES string of the molecule is C[Si](C)(C)[CH2][Ta+2]([CH2][Si](C)(C)C)[CH2][Si](C)(C)C.[Cl-].[Cl-]. The van der Waals surface area contributed by atoms with Gasteiger partial charge in [-0.2, -0.15) is 0 Å². The maximum absolute atomic E-state index is 2.59. The summed E-state index contributed by atoms with van der Waals surface area (Å²) in [5.41, 5.74) is 0. The van der Waals surface area contributed by atoms with Gasteiger partial charge < -0.3 is 24.8 Å². The van der Waals surface area contributed by atoms with Crippen molar-refractivity contribution in [3.05, 3.63) is 0 Å².